The molecule has 0 heterocycles. The van der Waals surface area contributed by atoms with Crippen molar-refractivity contribution in [3.63, 3.8) is 0 Å². The molecule has 0 bridgehead atoms. The third-order valence-electron chi connectivity index (χ3n) is 3.90. The van der Waals surface area contributed by atoms with Gasteiger partial charge in [-0.3, -0.25) is 0 Å². The van der Waals surface area contributed by atoms with E-state index in [2.05, 4.69) is 0 Å². The maximum Gasteiger partial charge on any atom is 0.159 e. The molecule has 4 heteroatoms. The van der Waals surface area contributed by atoms with Crippen molar-refractivity contribution in [3.8, 4) is 0 Å². The number of rotatable bonds is 2. The van der Waals surface area contributed by atoms with Crippen molar-refractivity contribution >= 4 is 0 Å². The van der Waals surface area contributed by atoms with Gasteiger partial charge < -0.3 is 0 Å². The lowest BCUT2D eigenvalue weighted by molar-refractivity contribution is 0.505. The fraction of sp³-hybridized carbons (Fsp3) is 0.400. The van der Waals surface area contributed by atoms with Crippen LogP contribution in [0.2, 0.25) is 0 Å². The smallest absolute Gasteiger partial charge is 0.159 e. The van der Waals surface area contributed by atoms with Crippen LogP contribution in [-0.4, -0.2) is 0 Å². The van der Waals surface area contributed by atoms with E-state index < -0.39 is 23.3 Å². The summed E-state index contributed by atoms with van der Waals surface area (Å²) in [4.78, 5) is 0. The Labute approximate surface area is 141 Å². The molecule has 0 saturated heterocycles. The Bertz CT molecular complexity index is 703. The van der Waals surface area contributed by atoms with Crippen LogP contribution >= 0.6 is 0 Å². The summed E-state index contributed by atoms with van der Waals surface area (Å²) in [5.74, 6) is -2.09. The highest BCUT2D eigenvalue weighted by molar-refractivity contribution is 5.31. The van der Waals surface area contributed by atoms with Gasteiger partial charge in [-0.2, -0.15) is 0 Å². The van der Waals surface area contributed by atoms with Gasteiger partial charge in [-0.1, -0.05) is 27.7 Å². The van der Waals surface area contributed by atoms with Crippen molar-refractivity contribution in [2.75, 3.05) is 0 Å². The lowest BCUT2D eigenvalue weighted by Gasteiger charge is -2.09. The number of hydrogen-bond donors (Lipinski definition) is 0. The summed E-state index contributed by atoms with van der Waals surface area (Å²) in [5, 5.41) is 0. The summed E-state index contributed by atoms with van der Waals surface area (Å²) in [5.41, 5.74) is 2.97. The molecule has 0 saturated carbocycles. The zero-order valence-corrected chi connectivity index (χ0v) is 15.0. The SMILES string of the molecule is Cc1c(F)cc(F)cc1C(C)C.Cc1cc(F)c(F)cc1C(C)C. The molecule has 2 aromatic carbocycles. The highest BCUT2D eigenvalue weighted by Crippen LogP contribution is 2.22. The first kappa shape index (κ1) is 20.2. The molecule has 0 fully saturated rings. The van der Waals surface area contributed by atoms with Crippen LogP contribution in [0.1, 0.15) is 61.8 Å². The molecule has 0 unspecified atom stereocenters. The minimum Gasteiger partial charge on any atom is -0.207 e. The van der Waals surface area contributed by atoms with Crippen LogP contribution in [0.15, 0.2) is 24.3 Å². The molecule has 0 aliphatic carbocycles. The normalized spacial score (nSPS) is 10.8. The lowest BCUT2D eigenvalue weighted by Crippen LogP contribution is -1.96. The van der Waals surface area contributed by atoms with E-state index in [9.17, 15) is 17.6 Å². The Balaban J connectivity index is 0.000000240. The van der Waals surface area contributed by atoms with Crippen molar-refractivity contribution in [3.05, 3.63) is 69.8 Å². The van der Waals surface area contributed by atoms with Crippen molar-refractivity contribution in [2.24, 2.45) is 0 Å². The summed E-state index contributed by atoms with van der Waals surface area (Å²) in [7, 11) is 0. The third kappa shape index (κ3) is 5.08. The number of halogens is 4. The van der Waals surface area contributed by atoms with Gasteiger partial charge in [0.15, 0.2) is 11.6 Å². The Morgan fingerprint density at radius 3 is 1.62 bits per heavy atom. The Morgan fingerprint density at radius 2 is 1.12 bits per heavy atom. The first-order valence-corrected chi connectivity index (χ1v) is 7.95. The van der Waals surface area contributed by atoms with E-state index in [1.165, 1.54) is 18.2 Å². The molecular weight excluding hydrogens is 316 g/mol. The molecule has 0 amide bonds. The van der Waals surface area contributed by atoms with Gasteiger partial charge in [-0.25, -0.2) is 17.6 Å². The molecule has 0 N–H and O–H groups in total. The molecule has 0 aliphatic heterocycles. The fourth-order valence-corrected chi connectivity index (χ4v) is 2.55. The minimum absolute atomic E-state index is 0.162. The predicted octanol–water partition coefficient (Wildman–Crippen LogP) is 6.79. The molecule has 0 aliphatic rings. The molecule has 0 atom stereocenters. The quantitative estimate of drug-likeness (QED) is 0.528. The van der Waals surface area contributed by atoms with Crippen molar-refractivity contribution < 1.29 is 17.6 Å². The van der Waals surface area contributed by atoms with Gasteiger partial charge >= 0.3 is 0 Å². The second-order valence-corrected chi connectivity index (χ2v) is 6.53. The number of hydrogen-bond acceptors (Lipinski definition) is 0. The van der Waals surface area contributed by atoms with E-state index in [1.54, 1.807) is 13.8 Å². The van der Waals surface area contributed by atoms with Crippen LogP contribution in [0.25, 0.3) is 0 Å². The van der Waals surface area contributed by atoms with Crippen LogP contribution < -0.4 is 0 Å². The summed E-state index contributed by atoms with van der Waals surface area (Å²) < 4.78 is 51.1. The average Bonchev–Trinajstić information content (AvgIpc) is 2.46. The van der Waals surface area contributed by atoms with Crippen LogP contribution in [0.5, 0.6) is 0 Å². The van der Waals surface area contributed by atoms with Crippen molar-refractivity contribution in [1.82, 2.24) is 0 Å². The average molecular weight is 340 g/mol. The Hall–Kier alpha value is -1.84. The van der Waals surface area contributed by atoms with Gasteiger partial charge in [0.1, 0.15) is 11.6 Å². The van der Waals surface area contributed by atoms with Crippen LogP contribution in [0.4, 0.5) is 17.6 Å². The zero-order valence-electron chi connectivity index (χ0n) is 15.0. The maximum absolute atomic E-state index is 13.0. The molecule has 2 aromatic rings. The molecule has 132 valence electrons. The first-order chi connectivity index (χ1) is 11.0. The summed E-state index contributed by atoms with van der Waals surface area (Å²) >= 11 is 0. The van der Waals surface area contributed by atoms with Crippen molar-refractivity contribution in [2.45, 2.75) is 53.4 Å². The van der Waals surface area contributed by atoms with Gasteiger partial charge in [-0.05, 0) is 66.1 Å². The lowest BCUT2D eigenvalue weighted by atomic mass is 9.98. The highest BCUT2D eigenvalue weighted by atomic mass is 19.2. The molecule has 0 spiro atoms. The molecular formula is C20H24F4. The monoisotopic (exact) mass is 340 g/mol. The van der Waals surface area contributed by atoms with E-state index >= 15 is 0 Å². The fourth-order valence-electron chi connectivity index (χ4n) is 2.55. The van der Waals surface area contributed by atoms with Crippen LogP contribution in [0.3, 0.4) is 0 Å². The zero-order chi connectivity index (χ0) is 18.6. The van der Waals surface area contributed by atoms with E-state index in [0.717, 1.165) is 22.8 Å². The summed E-state index contributed by atoms with van der Waals surface area (Å²) in [6, 6.07) is 4.82. The molecule has 2 rings (SSSR count). The van der Waals surface area contributed by atoms with Crippen molar-refractivity contribution in [1.29, 1.82) is 0 Å². The van der Waals surface area contributed by atoms with Gasteiger partial charge in [0, 0.05) is 6.07 Å². The van der Waals surface area contributed by atoms with E-state index in [1.807, 2.05) is 27.7 Å². The van der Waals surface area contributed by atoms with E-state index in [0.29, 0.717) is 5.56 Å². The number of benzene rings is 2. The van der Waals surface area contributed by atoms with Gasteiger partial charge in [0.25, 0.3) is 0 Å². The van der Waals surface area contributed by atoms with E-state index in [-0.39, 0.29) is 11.8 Å². The summed E-state index contributed by atoms with van der Waals surface area (Å²) in [6.07, 6.45) is 0. The third-order valence-corrected chi connectivity index (χ3v) is 3.90. The van der Waals surface area contributed by atoms with Crippen LogP contribution in [-0.2, 0) is 0 Å². The van der Waals surface area contributed by atoms with E-state index in [4.69, 9.17) is 0 Å². The van der Waals surface area contributed by atoms with Crippen LogP contribution in [0, 0.1) is 37.1 Å². The Morgan fingerprint density at radius 1 is 0.625 bits per heavy atom. The maximum atomic E-state index is 13.0. The molecule has 0 radical (unpaired) electrons. The second-order valence-electron chi connectivity index (χ2n) is 6.53. The highest BCUT2D eigenvalue weighted by Gasteiger charge is 2.10. The van der Waals surface area contributed by atoms with Gasteiger partial charge in [0.05, 0.1) is 0 Å². The minimum atomic E-state index is -0.767. The molecule has 0 nitrogen and oxygen atoms in total. The standard InChI is InChI=1S/2C10H12F2/c1-6(2)9-4-8(11)5-10(12)7(9)3;1-6(2)8-5-10(12)9(11)4-7(8)3/h2*4-6H,1-3H3. The topological polar surface area (TPSA) is 0 Å². The molecule has 0 aromatic heterocycles. The van der Waals surface area contributed by atoms with Gasteiger partial charge in [0.2, 0.25) is 0 Å². The second kappa shape index (κ2) is 8.32. The first-order valence-electron chi connectivity index (χ1n) is 7.95. The largest absolute Gasteiger partial charge is 0.207 e. The summed E-state index contributed by atoms with van der Waals surface area (Å²) in [6.45, 7) is 11.2. The van der Waals surface area contributed by atoms with Gasteiger partial charge in [-0.15, -0.1) is 0 Å². The predicted molar refractivity (Wildman–Crippen MR) is 90.4 cm³/mol. The Kier molecular flexibility index (Phi) is 7.00. The molecule has 24 heavy (non-hydrogen) atoms. The number of aryl methyl sites for hydroxylation is 1.